The van der Waals surface area contributed by atoms with Crippen molar-refractivity contribution in [2.45, 2.75) is 25.3 Å². The van der Waals surface area contributed by atoms with Gasteiger partial charge >= 0.3 is 0 Å². The zero-order valence-electron chi connectivity index (χ0n) is 12.3. The molecule has 1 atom stereocenters. The Balaban J connectivity index is 1.85. The zero-order valence-corrected chi connectivity index (χ0v) is 12.3. The number of hydrogen-bond donors (Lipinski definition) is 1. The molecule has 1 saturated heterocycles. The minimum atomic E-state index is 0.303. The number of nitrogens with zero attached hydrogens (tertiary/aromatic N) is 2. The molecule has 3 rings (SSSR count). The number of anilines is 2. The van der Waals surface area contributed by atoms with Crippen LogP contribution in [0.1, 0.15) is 19.8 Å². The molecule has 3 heteroatoms. The number of para-hydroxylation sites is 2. The highest BCUT2D eigenvalue weighted by atomic mass is 15.2. The van der Waals surface area contributed by atoms with Crippen molar-refractivity contribution in [1.29, 1.82) is 0 Å². The first-order valence-electron chi connectivity index (χ1n) is 7.36. The molecule has 1 aromatic rings. The van der Waals surface area contributed by atoms with E-state index in [9.17, 15) is 0 Å². The maximum absolute atomic E-state index is 3.75. The Morgan fingerprint density at radius 3 is 2.68 bits per heavy atom. The van der Waals surface area contributed by atoms with Crippen molar-refractivity contribution >= 4 is 11.4 Å². The fraction of sp³-hybridized carbons (Fsp3) is 0.625. The van der Waals surface area contributed by atoms with Gasteiger partial charge in [-0.05, 0) is 37.8 Å². The molecule has 1 aromatic carbocycles. The smallest absolute Gasteiger partial charge is 0.0604 e. The third kappa shape index (κ3) is 2.44. The Morgan fingerprint density at radius 1 is 1.26 bits per heavy atom. The summed E-state index contributed by atoms with van der Waals surface area (Å²) in [6, 6.07) is 8.75. The second kappa shape index (κ2) is 4.71. The van der Waals surface area contributed by atoms with E-state index in [0.717, 1.165) is 25.6 Å². The van der Waals surface area contributed by atoms with E-state index in [1.807, 2.05) is 0 Å². The van der Waals surface area contributed by atoms with Crippen LogP contribution in [0.25, 0.3) is 0 Å². The van der Waals surface area contributed by atoms with Crippen LogP contribution in [0.4, 0.5) is 11.4 Å². The van der Waals surface area contributed by atoms with Gasteiger partial charge in [-0.15, -0.1) is 0 Å². The van der Waals surface area contributed by atoms with E-state index in [4.69, 9.17) is 0 Å². The van der Waals surface area contributed by atoms with Crippen molar-refractivity contribution in [2.24, 2.45) is 5.92 Å². The Kier molecular flexibility index (Phi) is 3.17. The standard InChI is InChI=1S/C16H25N3/c1-16(13-8-9-13)12-19(11-10-17-16)15-7-5-4-6-14(15)18(2)3/h4-7,13,17H,8-12H2,1-3H3. The minimum absolute atomic E-state index is 0.303. The second-order valence-electron chi connectivity index (χ2n) is 6.42. The fourth-order valence-corrected chi connectivity index (χ4v) is 3.32. The van der Waals surface area contributed by atoms with Gasteiger partial charge in [-0.2, -0.15) is 0 Å². The maximum atomic E-state index is 3.75. The van der Waals surface area contributed by atoms with E-state index in [0.29, 0.717) is 5.54 Å². The van der Waals surface area contributed by atoms with Crippen LogP contribution >= 0.6 is 0 Å². The van der Waals surface area contributed by atoms with Gasteiger partial charge in [-0.25, -0.2) is 0 Å². The molecule has 0 spiro atoms. The van der Waals surface area contributed by atoms with Crippen LogP contribution in [0, 0.1) is 5.92 Å². The van der Waals surface area contributed by atoms with Gasteiger partial charge in [0.25, 0.3) is 0 Å². The molecule has 1 saturated carbocycles. The summed E-state index contributed by atoms with van der Waals surface area (Å²) in [5, 5.41) is 3.75. The van der Waals surface area contributed by atoms with Crippen molar-refractivity contribution in [2.75, 3.05) is 43.5 Å². The molecule has 1 N–H and O–H groups in total. The Hall–Kier alpha value is -1.22. The molecule has 0 bridgehead atoms. The summed E-state index contributed by atoms with van der Waals surface area (Å²) in [4.78, 5) is 4.77. The van der Waals surface area contributed by atoms with Crippen molar-refractivity contribution in [3.8, 4) is 0 Å². The van der Waals surface area contributed by atoms with E-state index in [1.54, 1.807) is 0 Å². The number of benzene rings is 1. The molecule has 0 radical (unpaired) electrons. The fourth-order valence-electron chi connectivity index (χ4n) is 3.32. The molecule has 2 fully saturated rings. The lowest BCUT2D eigenvalue weighted by Gasteiger charge is -2.44. The summed E-state index contributed by atoms with van der Waals surface area (Å²) in [5.74, 6) is 0.877. The average Bonchev–Trinajstić information content (AvgIpc) is 3.23. The summed E-state index contributed by atoms with van der Waals surface area (Å²) in [5.41, 5.74) is 3.00. The predicted octanol–water partition coefficient (Wildman–Crippen LogP) is 2.33. The summed E-state index contributed by atoms with van der Waals surface area (Å²) >= 11 is 0. The van der Waals surface area contributed by atoms with Crippen LogP contribution in [0.2, 0.25) is 0 Å². The minimum Gasteiger partial charge on any atom is -0.376 e. The zero-order chi connectivity index (χ0) is 13.5. The molecule has 0 amide bonds. The number of nitrogens with one attached hydrogen (secondary N) is 1. The van der Waals surface area contributed by atoms with Gasteiger partial charge < -0.3 is 15.1 Å². The molecule has 3 nitrogen and oxygen atoms in total. The highest BCUT2D eigenvalue weighted by molar-refractivity contribution is 5.71. The third-order valence-electron chi connectivity index (χ3n) is 4.61. The largest absolute Gasteiger partial charge is 0.376 e. The Morgan fingerprint density at radius 2 is 2.00 bits per heavy atom. The third-order valence-corrected chi connectivity index (χ3v) is 4.61. The molecular formula is C16H25N3. The summed E-state index contributed by atoms with van der Waals surface area (Å²) in [6.07, 6.45) is 2.79. The Bertz CT molecular complexity index is 453. The van der Waals surface area contributed by atoms with Gasteiger partial charge in [-0.1, -0.05) is 12.1 Å². The van der Waals surface area contributed by atoms with Gasteiger partial charge in [0.05, 0.1) is 11.4 Å². The first-order chi connectivity index (χ1) is 9.10. The van der Waals surface area contributed by atoms with Crippen molar-refractivity contribution in [3.63, 3.8) is 0 Å². The van der Waals surface area contributed by atoms with Crippen LogP contribution in [-0.4, -0.2) is 39.3 Å². The van der Waals surface area contributed by atoms with Gasteiger partial charge in [0.1, 0.15) is 0 Å². The van der Waals surface area contributed by atoms with Crippen LogP contribution in [-0.2, 0) is 0 Å². The van der Waals surface area contributed by atoms with Crippen LogP contribution < -0.4 is 15.1 Å². The Labute approximate surface area is 116 Å². The normalized spacial score (nSPS) is 27.4. The predicted molar refractivity (Wildman–Crippen MR) is 82.1 cm³/mol. The van der Waals surface area contributed by atoms with E-state index >= 15 is 0 Å². The van der Waals surface area contributed by atoms with Crippen molar-refractivity contribution < 1.29 is 0 Å². The molecule has 104 valence electrons. The van der Waals surface area contributed by atoms with Crippen molar-refractivity contribution in [1.82, 2.24) is 5.32 Å². The summed E-state index contributed by atoms with van der Waals surface area (Å²) in [6.45, 7) is 5.72. The monoisotopic (exact) mass is 259 g/mol. The summed E-state index contributed by atoms with van der Waals surface area (Å²) in [7, 11) is 4.25. The number of hydrogen-bond acceptors (Lipinski definition) is 3. The van der Waals surface area contributed by atoms with Crippen molar-refractivity contribution in [3.05, 3.63) is 24.3 Å². The highest BCUT2D eigenvalue weighted by Gasteiger charge is 2.44. The molecule has 1 heterocycles. The maximum Gasteiger partial charge on any atom is 0.0604 e. The molecule has 19 heavy (non-hydrogen) atoms. The van der Waals surface area contributed by atoms with Gasteiger partial charge in [0, 0.05) is 39.3 Å². The van der Waals surface area contributed by atoms with Gasteiger partial charge in [0.15, 0.2) is 0 Å². The molecule has 1 unspecified atom stereocenters. The lowest BCUT2D eigenvalue weighted by atomic mass is 9.92. The van der Waals surface area contributed by atoms with Crippen LogP contribution in [0.5, 0.6) is 0 Å². The summed E-state index contributed by atoms with van der Waals surface area (Å²) < 4.78 is 0. The lowest BCUT2D eigenvalue weighted by molar-refractivity contribution is 0.285. The molecule has 2 aliphatic rings. The van der Waals surface area contributed by atoms with Crippen LogP contribution in [0.3, 0.4) is 0 Å². The van der Waals surface area contributed by atoms with Gasteiger partial charge in [0.2, 0.25) is 0 Å². The SMILES string of the molecule is CN(C)c1ccccc1N1CCNC(C)(C2CC2)C1. The van der Waals surface area contributed by atoms with Crippen LogP contribution in [0.15, 0.2) is 24.3 Å². The lowest BCUT2D eigenvalue weighted by Crippen LogP contribution is -2.60. The van der Waals surface area contributed by atoms with E-state index in [-0.39, 0.29) is 0 Å². The first kappa shape index (κ1) is 12.8. The molecule has 1 aliphatic heterocycles. The first-order valence-corrected chi connectivity index (χ1v) is 7.36. The molecule has 0 aromatic heterocycles. The quantitative estimate of drug-likeness (QED) is 0.899. The second-order valence-corrected chi connectivity index (χ2v) is 6.42. The topological polar surface area (TPSA) is 18.5 Å². The van der Waals surface area contributed by atoms with E-state index in [2.05, 4.69) is 60.4 Å². The molecule has 1 aliphatic carbocycles. The highest BCUT2D eigenvalue weighted by Crippen LogP contribution is 2.42. The van der Waals surface area contributed by atoms with Gasteiger partial charge in [-0.3, -0.25) is 0 Å². The number of piperazine rings is 1. The average molecular weight is 259 g/mol. The van der Waals surface area contributed by atoms with E-state index < -0.39 is 0 Å². The molecular weight excluding hydrogens is 234 g/mol. The van der Waals surface area contributed by atoms with E-state index in [1.165, 1.54) is 24.2 Å². The number of rotatable bonds is 3.